The molecule has 0 heterocycles. The number of ether oxygens (including phenoxy) is 1. The van der Waals surface area contributed by atoms with Crippen LogP contribution in [0.15, 0.2) is 12.1 Å². The van der Waals surface area contributed by atoms with E-state index in [9.17, 15) is 13.6 Å². The van der Waals surface area contributed by atoms with Crippen molar-refractivity contribution >= 4 is 11.6 Å². The third-order valence-electron chi connectivity index (χ3n) is 2.40. The van der Waals surface area contributed by atoms with Crippen molar-refractivity contribution in [3.8, 4) is 0 Å². The smallest absolute Gasteiger partial charge is 0.251 e. The SMILES string of the molecule is CCOCCCNC(=O)c1cc(F)c(NN)c(F)c1. The molecule has 5 nitrogen and oxygen atoms in total. The number of amides is 1. The number of nitrogens with two attached hydrogens (primary N) is 1. The van der Waals surface area contributed by atoms with Gasteiger partial charge in [-0.1, -0.05) is 0 Å². The van der Waals surface area contributed by atoms with Crippen LogP contribution in [-0.4, -0.2) is 25.7 Å². The Morgan fingerprint density at radius 1 is 1.37 bits per heavy atom. The van der Waals surface area contributed by atoms with Gasteiger partial charge in [-0.05, 0) is 25.5 Å². The number of nitrogens with one attached hydrogen (secondary N) is 2. The Bertz CT molecular complexity index is 418. The summed E-state index contributed by atoms with van der Waals surface area (Å²) in [6.07, 6.45) is 0.632. The standard InChI is InChI=1S/C12H17F2N3O2/c1-2-19-5-3-4-16-12(18)8-6-9(13)11(17-15)10(14)7-8/h6-7,17H,2-5,15H2,1H3,(H,16,18). The molecular formula is C12H17F2N3O2. The maximum atomic E-state index is 13.4. The summed E-state index contributed by atoms with van der Waals surface area (Å²) in [5, 5.41) is 2.55. The minimum atomic E-state index is -0.915. The van der Waals surface area contributed by atoms with Crippen molar-refractivity contribution in [3.63, 3.8) is 0 Å². The first-order valence-corrected chi connectivity index (χ1v) is 5.91. The zero-order chi connectivity index (χ0) is 14.3. The van der Waals surface area contributed by atoms with Crippen LogP contribution in [0.1, 0.15) is 23.7 Å². The largest absolute Gasteiger partial charge is 0.382 e. The maximum Gasteiger partial charge on any atom is 0.251 e. The van der Waals surface area contributed by atoms with Crippen LogP contribution in [0.4, 0.5) is 14.5 Å². The molecule has 1 rings (SSSR count). The zero-order valence-electron chi connectivity index (χ0n) is 10.6. The minimum Gasteiger partial charge on any atom is -0.382 e. The fraction of sp³-hybridized carbons (Fsp3) is 0.417. The summed E-state index contributed by atoms with van der Waals surface area (Å²) in [7, 11) is 0. The molecule has 0 bridgehead atoms. The molecule has 0 aliphatic carbocycles. The number of carbonyl (C=O) groups is 1. The molecule has 1 amide bonds. The summed E-state index contributed by atoms with van der Waals surface area (Å²) in [5.41, 5.74) is 1.34. The first-order valence-electron chi connectivity index (χ1n) is 5.91. The van der Waals surface area contributed by atoms with Gasteiger partial charge in [0.1, 0.15) is 5.69 Å². The summed E-state index contributed by atoms with van der Waals surface area (Å²) in [4.78, 5) is 11.6. The summed E-state index contributed by atoms with van der Waals surface area (Å²) in [6.45, 7) is 3.38. The molecule has 0 aromatic heterocycles. The van der Waals surface area contributed by atoms with Crippen LogP contribution in [0.25, 0.3) is 0 Å². The average molecular weight is 273 g/mol. The quantitative estimate of drug-likeness (QED) is 0.399. The Labute approximate surface area is 110 Å². The Morgan fingerprint density at radius 3 is 2.53 bits per heavy atom. The molecule has 0 atom stereocenters. The molecule has 0 aliphatic heterocycles. The van der Waals surface area contributed by atoms with E-state index in [0.29, 0.717) is 26.2 Å². The number of halogens is 2. The van der Waals surface area contributed by atoms with Gasteiger partial charge in [-0.2, -0.15) is 0 Å². The fourth-order valence-corrected chi connectivity index (χ4v) is 1.46. The third kappa shape index (κ3) is 4.46. The molecule has 0 saturated heterocycles. The van der Waals surface area contributed by atoms with Crippen molar-refractivity contribution in [1.82, 2.24) is 5.32 Å². The zero-order valence-corrected chi connectivity index (χ0v) is 10.6. The topological polar surface area (TPSA) is 76.4 Å². The highest BCUT2D eigenvalue weighted by atomic mass is 19.1. The summed E-state index contributed by atoms with van der Waals surface area (Å²) >= 11 is 0. The van der Waals surface area contributed by atoms with Gasteiger partial charge in [-0.15, -0.1) is 0 Å². The van der Waals surface area contributed by atoms with Crippen molar-refractivity contribution in [2.24, 2.45) is 5.84 Å². The van der Waals surface area contributed by atoms with E-state index in [-0.39, 0.29) is 5.56 Å². The van der Waals surface area contributed by atoms with E-state index in [1.807, 2.05) is 12.3 Å². The molecule has 1 aromatic carbocycles. The number of carbonyl (C=O) groups excluding carboxylic acids is 1. The van der Waals surface area contributed by atoms with Gasteiger partial charge in [0.2, 0.25) is 0 Å². The van der Waals surface area contributed by atoms with Crippen LogP contribution in [-0.2, 0) is 4.74 Å². The highest BCUT2D eigenvalue weighted by Crippen LogP contribution is 2.19. The molecule has 0 aliphatic rings. The highest BCUT2D eigenvalue weighted by Gasteiger charge is 2.14. The molecule has 7 heteroatoms. The highest BCUT2D eigenvalue weighted by molar-refractivity contribution is 5.94. The van der Waals surface area contributed by atoms with Gasteiger partial charge in [0.25, 0.3) is 5.91 Å². The van der Waals surface area contributed by atoms with Crippen LogP contribution in [0.2, 0.25) is 0 Å². The van der Waals surface area contributed by atoms with Gasteiger partial charge in [0.15, 0.2) is 11.6 Å². The van der Waals surface area contributed by atoms with Crippen LogP contribution in [0.5, 0.6) is 0 Å². The van der Waals surface area contributed by atoms with E-state index < -0.39 is 23.2 Å². The van der Waals surface area contributed by atoms with Crippen LogP contribution < -0.4 is 16.6 Å². The lowest BCUT2D eigenvalue weighted by atomic mass is 10.1. The second-order valence-electron chi connectivity index (χ2n) is 3.77. The number of benzene rings is 1. The van der Waals surface area contributed by atoms with Crippen molar-refractivity contribution in [2.45, 2.75) is 13.3 Å². The number of rotatable bonds is 7. The Balaban J connectivity index is 2.58. The van der Waals surface area contributed by atoms with E-state index in [0.717, 1.165) is 12.1 Å². The molecule has 0 saturated carbocycles. The lowest BCUT2D eigenvalue weighted by Gasteiger charge is -2.08. The van der Waals surface area contributed by atoms with Gasteiger partial charge in [0.05, 0.1) is 0 Å². The molecule has 4 N–H and O–H groups in total. The Kier molecular flexibility index (Phi) is 6.17. The van der Waals surface area contributed by atoms with Gasteiger partial charge in [-0.3, -0.25) is 10.6 Å². The van der Waals surface area contributed by atoms with E-state index in [1.165, 1.54) is 0 Å². The van der Waals surface area contributed by atoms with Crippen LogP contribution >= 0.6 is 0 Å². The fourth-order valence-electron chi connectivity index (χ4n) is 1.46. The number of hydrogen-bond donors (Lipinski definition) is 3. The van der Waals surface area contributed by atoms with E-state index in [2.05, 4.69) is 5.32 Å². The first kappa shape index (κ1) is 15.3. The van der Waals surface area contributed by atoms with Crippen molar-refractivity contribution in [1.29, 1.82) is 0 Å². The van der Waals surface area contributed by atoms with Gasteiger partial charge < -0.3 is 15.5 Å². The Hall–Kier alpha value is -1.73. The molecule has 0 radical (unpaired) electrons. The van der Waals surface area contributed by atoms with Gasteiger partial charge in [-0.25, -0.2) is 8.78 Å². The lowest BCUT2D eigenvalue weighted by molar-refractivity contribution is 0.0943. The predicted octanol–water partition coefficient (Wildman–Crippen LogP) is 1.41. The maximum absolute atomic E-state index is 13.4. The second kappa shape index (κ2) is 7.65. The van der Waals surface area contributed by atoms with E-state index >= 15 is 0 Å². The third-order valence-corrected chi connectivity index (χ3v) is 2.40. The molecular weight excluding hydrogens is 256 g/mol. The molecule has 1 aromatic rings. The minimum absolute atomic E-state index is 0.0922. The van der Waals surface area contributed by atoms with E-state index in [4.69, 9.17) is 10.6 Å². The van der Waals surface area contributed by atoms with Crippen LogP contribution in [0.3, 0.4) is 0 Å². The molecule has 19 heavy (non-hydrogen) atoms. The molecule has 0 unspecified atom stereocenters. The number of nitrogen functional groups attached to an aromatic ring is 1. The van der Waals surface area contributed by atoms with Crippen LogP contribution in [0, 0.1) is 11.6 Å². The molecule has 106 valence electrons. The second-order valence-corrected chi connectivity index (χ2v) is 3.77. The first-order chi connectivity index (χ1) is 9.10. The van der Waals surface area contributed by atoms with Crippen molar-refractivity contribution < 1.29 is 18.3 Å². The number of anilines is 1. The number of hydrazine groups is 1. The summed E-state index contributed by atoms with van der Waals surface area (Å²) in [5.74, 6) is 2.59. The molecule has 0 fully saturated rings. The van der Waals surface area contributed by atoms with Gasteiger partial charge in [0, 0.05) is 25.3 Å². The van der Waals surface area contributed by atoms with Gasteiger partial charge >= 0.3 is 0 Å². The monoisotopic (exact) mass is 273 g/mol. The lowest BCUT2D eigenvalue weighted by Crippen LogP contribution is -2.25. The normalized spacial score (nSPS) is 10.3. The summed E-state index contributed by atoms with van der Waals surface area (Å²) in [6, 6.07) is 1.85. The van der Waals surface area contributed by atoms with Crippen molar-refractivity contribution in [2.75, 3.05) is 25.2 Å². The predicted molar refractivity (Wildman–Crippen MR) is 67.6 cm³/mol. The van der Waals surface area contributed by atoms with E-state index in [1.54, 1.807) is 0 Å². The number of hydrogen-bond acceptors (Lipinski definition) is 4. The Morgan fingerprint density at radius 2 is 2.00 bits per heavy atom. The average Bonchev–Trinajstić information content (AvgIpc) is 2.38. The van der Waals surface area contributed by atoms with Crippen molar-refractivity contribution in [3.05, 3.63) is 29.3 Å². The summed E-state index contributed by atoms with van der Waals surface area (Å²) < 4.78 is 31.9. The molecule has 0 spiro atoms.